The van der Waals surface area contributed by atoms with Crippen LogP contribution >= 0.6 is 0 Å². The number of pyridine rings is 1. The summed E-state index contributed by atoms with van der Waals surface area (Å²) in [5, 5.41) is 3.23. The molecule has 0 amide bonds. The second-order valence-corrected chi connectivity index (χ2v) is 4.11. The van der Waals surface area contributed by atoms with E-state index in [4.69, 9.17) is 0 Å². The van der Waals surface area contributed by atoms with Crippen LogP contribution in [0.4, 0.5) is 13.2 Å². The molecule has 0 bridgehead atoms. The summed E-state index contributed by atoms with van der Waals surface area (Å²) < 4.78 is 36.8. The first-order valence-electron chi connectivity index (χ1n) is 5.28. The van der Waals surface area contributed by atoms with Crippen LogP contribution in [0.25, 0.3) is 0 Å². The third-order valence-electron chi connectivity index (χ3n) is 2.80. The standard InChI is InChI=1S/C11H13F3N2/c12-11(13,14)10-2-1-8(7-16-10)5-9-3-4-15-6-9/h1-2,7,9,15H,3-6H2. The zero-order valence-corrected chi connectivity index (χ0v) is 8.72. The van der Waals surface area contributed by atoms with Gasteiger partial charge in [0.2, 0.25) is 0 Å². The predicted octanol–water partition coefficient (Wildman–Crippen LogP) is 2.25. The number of nitrogens with one attached hydrogen (secondary N) is 1. The second kappa shape index (κ2) is 4.41. The van der Waals surface area contributed by atoms with Crippen LogP contribution in [0.1, 0.15) is 17.7 Å². The molecule has 0 spiro atoms. The second-order valence-electron chi connectivity index (χ2n) is 4.11. The number of nitrogens with zero attached hydrogens (tertiary/aromatic N) is 1. The molecule has 2 rings (SSSR count). The molecule has 2 nitrogen and oxygen atoms in total. The molecule has 16 heavy (non-hydrogen) atoms. The lowest BCUT2D eigenvalue weighted by Gasteiger charge is -2.09. The minimum absolute atomic E-state index is 0.526. The van der Waals surface area contributed by atoms with Gasteiger partial charge in [0.05, 0.1) is 0 Å². The van der Waals surface area contributed by atoms with Gasteiger partial charge in [0.25, 0.3) is 0 Å². The Morgan fingerprint density at radius 2 is 2.19 bits per heavy atom. The molecule has 2 heterocycles. The van der Waals surface area contributed by atoms with Crippen LogP contribution in [-0.2, 0) is 12.6 Å². The van der Waals surface area contributed by atoms with Crippen molar-refractivity contribution in [3.63, 3.8) is 0 Å². The molecule has 0 saturated carbocycles. The Balaban J connectivity index is 2.01. The normalized spacial score (nSPS) is 21.3. The van der Waals surface area contributed by atoms with E-state index in [0.29, 0.717) is 5.92 Å². The fraction of sp³-hybridized carbons (Fsp3) is 0.545. The van der Waals surface area contributed by atoms with Gasteiger partial charge in [-0.1, -0.05) is 6.07 Å². The molecule has 1 N–H and O–H groups in total. The molecule has 1 aromatic rings. The average Bonchev–Trinajstić information content (AvgIpc) is 2.70. The first-order valence-corrected chi connectivity index (χ1v) is 5.28. The summed E-state index contributed by atoms with van der Waals surface area (Å²) >= 11 is 0. The highest BCUT2D eigenvalue weighted by Crippen LogP contribution is 2.27. The van der Waals surface area contributed by atoms with E-state index in [0.717, 1.165) is 37.6 Å². The highest BCUT2D eigenvalue weighted by molar-refractivity contribution is 5.16. The summed E-state index contributed by atoms with van der Waals surface area (Å²) in [5.41, 5.74) is 0.0579. The summed E-state index contributed by atoms with van der Waals surface area (Å²) in [7, 11) is 0. The summed E-state index contributed by atoms with van der Waals surface area (Å²) in [6.07, 6.45) is -1.12. The van der Waals surface area contributed by atoms with Gasteiger partial charge < -0.3 is 5.32 Å². The summed E-state index contributed by atoms with van der Waals surface area (Å²) in [4.78, 5) is 3.45. The summed E-state index contributed by atoms with van der Waals surface area (Å²) in [6, 6.07) is 2.58. The molecule has 1 unspecified atom stereocenters. The molecular formula is C11H13F3N2. The van der Waals surface area contributed by atoms with E-state index in [2.05, 4.69) is 10.3 Å². The third kappa shape index (κ3) is 2.72. The van der Waals surface area contributed by atoms with Gasteiger partial charge in [0, 0.05) is 6.20 Å². The molecule has 1 aliphatic heterocycles. The van der Waals surface area contributed by atoms with Crippen LogP contribution in [-0.4, -0.2) is 18.1 Å². The van der Waals surface area contributed by atoms with Gasteiger partial charge in [-0.3, -0.25) is 4.98 Å². The minimum Gasteiger partial charge on any atom is -0.316 e. The molecule has 0 aromatic carbocycles. The first kappa shape index (κ1) is 11.4. The van der Waals surface area contributed by atoms with E-state index >= 15 is 0 Å². The maximum absolute atomic E-state index is 12.3. The average molecular weight is 230 g/mol. The van der Waals surface area contributed by atoms with Crippen molar-refractivity contribution < 1.29 is 13.2 Å². The number of aromatic nitrogens is 1. The van der Waals surface area contributed by atoms with Crippen LogP contribution < -0.4 is 5.32 Å². The Hall–Kier alpha value is -1.10. The van der Waals surface area contributed by atoms with Crippen molar-refractivity contribution in [1.29, 1.82) is 0 Å². The number of hydrogen-bond donors (Lipinski definition) is 1. The quantitative estimate of drug-likeness (QED) is 0.842. The smallest absolute Gasteiger partial charge is 0.316 e. The van der Waals surface area contributed by atoms with Gasteiger partial charge >= 0.3 is 6.18 Å². The Morgan fingerprint density at radius 1 is 1.38 bits per heavy atom. The number of hydrogen-bond acceptors (Lipinski definition) is 2. The van der Waals surface area contributed by atoms with E-state index in [1.807, 2.05) is 0 Å². The van der Waals surface area contributed by atoms with Crippen molar-refractivity contribution in [2.24, 2.45) is 5.92 Å². The van der Waals surface area contributed by atoms with Gasteiger partial charge in [-0.05, 0) is 43.5 Å². The van der Waals surface area contributed by atoms with Gasteiger partial charge in [0.15, 0.2) is 0 Å². The SMILES string of the molecule is FC(F)(F)c1ccc(CC2CCNC2)cn1. The molecular weight excluding hydrogens is 217 g/mol. The van der Waals surface area contributed by atoms with Gasteiger partial charge in [0.1, 0.15) is 5.69 Å². The van der Waals surface area contributed by atoms with Gasteiger partial charge in [-0.25, -0.2) is 0 Å². The van der Waals surface area contributed by atoms with Crippen LogP contribution in [0.5, 0.6) is 0 Å². The highest BCUT2D eigenvalue weighted by atomic mass is 19.4. The predicted molar refractivity (Wildman–Crippen MR) is 53.9 cm³/mol. The molecule has 1 aromatic heterocycles. The molecule has 0 aliphatic carbocycles. The molecule has 1 fully saturated rings. The minimum atomic E-state index is -4.34. The van der Waals surface area contributed by atoms with Crippen molar-refractivity contribution in [3.8, 4) is 0 Å². The highest BCUT2D eigenvalue weighted by Gasteiger charge is 2.32. The van der Waals surface area contributed by atoms with E-state index in [-0.39, 0.29) is 0 Å². The van der Waals surface area contributed by atoms with Crippen molar-refractivity contribution in [2.45, 2.75) is 19.0 Å². The monoisotopic (exact) mass is 230 g/mol. The Labute approximate surface area is 91.9 Å². The van der Waals surface area contributed by atoms with Crippen LogP contribution in [0.2, 0.25) is 0 Å². The molecule has 1 atom stereocenters. The Morgan fingerprint density at radius 3 is 2.69 bits per heavy atom. The molecule has 5 heteroatoms. The molecule has 1 saturated heterocycles. The third-order valence-corrected chi connectivity index (χ3v) is 2.80. The lowest BCUT2D eigenvalue weighted by Crippen LogP contribution is -2.12. The lowest BCUT2D eigenvalue weighted by atomic mass is 10.00. The largest absolute Gasteiger partial charge is 0.433 e. The van der Waals surface area contributed by atoms with Crippen LogP contribution in [0.3, 0.4) is 0 Å². The molecule has 0 radical (unpaired) electrons. The van der Waals surface area contributed by atoms with E-state index in [9.17, 15) is 13.2 Å². The van der Waals surface area contributed by atoms with Crippen molar-refractivity contribution >= 4 is 0 Å². The fourth-order valence-electron chi connectivity index (χ4n) is 1.93. The van der Waals surface area contributed by atoms with Crippen molar-refractivity contribution in [2.75, 3.05) is 13.1 Å². The summed E-state index contributed by atoms with van der Waals surface area (Å²) in [5.74, 6) is 0.526. The van der Waals surface area contributed by atoms with Gasteiger partial charge in [-0.15, -0.1) is 0 Å². The number of rotatable bonds is 2. The first-order chi connectivity index (χ1) is 7.55. The van der Waals surface area contributed by atoms with Crippen molar-refractivity contribution in [1.82, 2.24) is 10.3 Å². The summed E-state index contributed by atoms with van der Waals surface area (Å²) in [6.45, 7) is 1.94. The van der Waals surface area contributed by atoms with Crippen LogP contribution in [0, 0.1) is 5.92 Å². The zero-order chi connectivity index (χ0) is 11.6. The van der Waals surface area contributed by atoms with Crippen LogP contribution in [0.15, 0.2) is 18.3 Å². The maximum atomic E-state index is 12.3. The molecule has 88 valence electrons. The molecule has 1 aliphatic rings. The van der Waals surface area contributed by atoms with E-state index < -0.39 is 11.9 Å². The topological polar surface area (TPSA) is 24.9 Å². The fourth-order valence-corrected chi connectivity index (χ4v) is 1.93. The van der Waals surface area contributed by atoms with E-state index in [1.54, 1.807) is 0 Å². The van der Waals surface area contributed by atoms with Gasteiger partial charge in [-0.2, -0.15) is 13.2 Å². The zero-order valence-electron chi connectivity index (χ0n) is 8.72. The number of halogens is 3. The Bertz CT molecular complexity index is 339. The lowest BCUT2D eigenvalue weighted by molar-refractivity contribution is -0.141. The number of alkyl halides is 3. The Kier molecular flexibility index (Phi) is 3.14. The van der Waals surface area contributed by atoms with Crippen molar-refractivity contribution in [3.05, 3.63) is 29.6 Å². The van der Waals surface area contributed by atoms with E-state index in [1.165, 1.54) is 12.3 Å². The maximum Gasteiger partial charge on any atom is 0.433 e.